The molecular weight excluding hydrogens is 442 g/mol. The largest absolute Gasteiger partial charge is 0.496 e. The fraction of sp³-hybridized carbons (Fsp3) is 0.214. The number of esters is 1. The molecule has 7 nitrogen and oxygen atoms in total. The smallest absolute Gasteiger partial charge is 0.308 e. The molecule has 0 amide bonds. The molecule has 0 saturated heterocycles. The van der Waals surface area contributed by atoms with Crippen LogP contribution in [0.4, 0.5) is 0 Å². The number of hydrogen-bond donors (Lipinski definition) is 0. The molecule has 0 atom stereocenters. The highest BCUT2D eigenvalue weighted by atomic mass is 16.5. The van der Waals surface area contributed by atoms with Crippen molar-refractivity contribution in [2.75, 3.05) is 7.11 Å². The van der Waals surface area contributed by atoms with Gasteiger partial charge in [0.05, 0.1) is 24.2 Å². The Kier molecular flexibility index (Phi) is 6.78. The Balaban J connectivity index is 1.89. The van der Waals surface area contributed by atoms with Crippen LogP contribution in [0.25, 0.3) is 22.3 Å². The Morgan fingerprint density at radius 2 is 1.80 bits per heavy atom. The molecule has 3 aromatic carbocycles. The standard InChI is InChI=1S/C28H27N3O4/c1-17(2)23-15-24(18(3)14-26(23)34-5)27-30-25-9-7-6-8-22(25)28(33)31(27)29-16-20-10-12-21(13-11-20)35-19(4)32/h6-17H,1-5H3. The second-order valence-electron chi connectivity index (χ2n) is 8.54. The highest BCUT2D eigenvalue weighted by Crippen LogP contribution is 2.34. The van der Waals surface area contributed by atoms with Crippen molar-refractivity contribution in [1.29, 1.82) is 0 Å². The van der Waals surface area contributed by atoms with Gasteiger partial charge in [0, 0.05) is 12.5 Å². The molecule has 7 heteroatoms. The van der Waals surface area contributed by atoms with Crippen LogP contribution in [-0.4, -0.2) is 29.0 Å². The van der Waals surface area contributed by atoms with E-state index in [1.165, 1.54) is 11.6 Å². The molecule has 0 fully saturated rings. The molecule has 178 valence electrons. The van der Waals surface area contributed by atoms with Crippen LogP contribution in [0.3, 0.4) is 0 Å². The Morgan fingerprint density at radius 1 is 1.09 bits per heavy atom. The molecule has 0 N–H and O–H groups in total. The maximum atomic E-state index is 13.5. The zero-order valence-electron chi connectivity index (χ0n) is 20.4. The first-order chi connectivity index (χ1) is 16.8. The molecule has 0 saturated carbocycles. The molecule has 0 aliphatic heterocycles. The first kappa shape index (κ1) is 23.9. The molecular formula is C28H27N3O4. The summed E-state index contributed by atoms with van der Waals surface area (Å²) in [7, 11) is 1.65. The number of para-hydroxylation sites is 1. The van der Waals surface area contributed by atoms with Crippen LogP contribution in [0.15, 0.2) is 70.6 Å². The summed E-state index contributed by atoms with van der Waals surface area (Å²) in [5.41, 5.74) is 3.82. The number of rotatable bonds is 6. The van der Waals surface area contributed by atoms with Crippen molar-refractivity contribution in [2.45, 2.75) is 33.6 Å². The molecule has 0 unspecified atom stereocenters. The summed E-state index contributed by atoms with van der Waals surface area (Å²) in [4.78, 5) is 29.5. The quantitative estimate of drug-likeness (QED) is 0.217. The number of aromatic nitrogens is 2. The molecule has 0 aliphatic carbocycles. The van der Waals surface area contributed by atoms with Gasteiger partial charge in [-0.2, -0.15) is 9.78 Å². The minimum atomic E-state index is -0.388. The van der Waals surface area contributed by atoms with Gasteiger partial charge in [0.25, 0.3) is 5.56 Å². The van der Waals surface area contributed by atoms with Crippen molar-refractivity contribution in [3.05, 3.63) is 87.7 Å². The van der Waals surface area contributed by atoms with Gasteiger partial charge in [-0.25, -0.2) is 4.98 Å². The van der Waals surface area contributed by atoms with E-state index in [1.807, 2.05) is 37.3 Å². The van der Waals surface area contributed by atoms with E-state index in [2.05, 4.69) is 18.9 Å². The fourth-order valence-corrected chi connectivity index (χ4v) is 3.88. The number of hydrogen-bond acceptors (Lipinski definition) is 6. The molecule has 4 rings (SSSR count). The second-order valence-corrected chi connectivity index (χ2v) is 8.54. The number of carbonyl (C=O) groups excluding carboxylic acids is 1. The zero-order valence-corrected chi connectivity index (χ0v) is 20.4. The molecule has 1 heterocycles. The fourth-order valence-electron chi connectivity index (χ4n) is 3.88. The number of aryl methyl sites for hydroxylation is 1. The zero-order chi connectivity index (χ0) is 25.1. The summed E-state index contributed by atoms with van der Waals surface area (Å²) in [6.45, 7) is 7.50. The molecule has 0 aliphatic rings. The van der Waals surface area contributed by atoms with Crippen LogP contribution < -0.4 is 15.0 Å². The minimum Gasteiger partial charge on any atom is -0.496 e. The normalized spacial score (nSPS) is 11.4. The van der Waals surface area contributed by atoms with Crippen molar-refractivity contribution in [2.24, 2.45) is 5.10 Å². The molecule has 0 radical (unpaired) electrons. The SMILES string of the molecule is COc1cc(C)c(-c2nc3ccccc3c(=O)n2N=Cc2ccc(OC(C)=O)cc2)cc1C(C)C. The van der Waals surface area contributed by atoms with Gasteiger partial charge in [-0.3, -0.25) is 9.59 Å². The van der Waals surface area contributed by atoms with Crippen LogP contribution in [0, 0.1) is 6.92 Å². The van der Waals surface area contributed by atoms with Crippen LogP contribution in [0.2, 0.25) is 0 Å². The predicted molar refractivity (Wildman–Crippen MR) is 138 cm³/mol. The lowest BCUT2D eigenvalue weighted by atomic mass is 9.96. The van der Waals surface area contributed by atoms with Gasteiger partial charge in [-0.05, 0) is 78.1 Å². The maximum absolute atomic E-state index is 13.5. The summed E-state index contributed by atoms with van der Waals surface area (Å²) < 4.78 is 12.0. The van der Waals surface area contributed by atoms with Crippen LogP contribution in [-0.2, 0) is 4.79 Å². The van der Waals surface area contributed by atoms with Crippen molar-refractivity contribution < 1.29 is 14.3 Å². The Morgan fingerprint density at radius 3 is 2.46 bits per heavy atom. The van der Waals surface area contributed by atoms with E-state index in [4.69, 9.17) is 14.5 Å². The topological polar surface area (TPSA) is 82.8 Å². The summed E-state index contributed by atoms with van der Waals surface area (Å²) in [5.74, 6) is 1.51. The first-order valence-corrected chi connectivity index (χ1v) is 11.3. The molecule has 0 spiro atoms. The van der Waals surface area contributed by atoms with Gasteiger partial charge in [0.15, 0.2) is 5.82 Å². The lowest BCUT2D eigenvalue weighted by Crippen LogP contribution is -2.20. The first-order valence-electron chi connectivity index (χ1n) is 11.3. The minimum absolute atomic E-state index is 0.212. The Hall–Kier alpha value is -4.26. The van der Waals surface area contributed by atoms with Crippen molar-refractivity contribution >= 4 is 23.1 Å². The van der Waals surface area contributed by atoms with Crippen molar-refractivity contribution in [3.63, 3.8) is 0 Å². The Bertz CT molecular complexity index is 1490. The van der Waals surface area contributed by atoms with Gasteiger partial charge in [-0.15, -0.1) is 0 Å². The van der Waals surface area contributed by atoms with Crippen LogP contribution in [0.1, 0.15) is 43.4 Å². The number of carbonyl (C=O) groups is 1. The lowest BCUT2D eigenvalue weighted by molar-refractivity contribution is -0.131. The monoisotopic (exact) mass is 469 g/mol. The predicted octanol–water partition coefficient (Wildman–Crippen LogP) is 5.31. The van der Waals surface area contributed by atoms with E-state index in [0.29, 0.717) is 22.5 Å². The van der Waals surface area contributed by atoms with E-state index in [-0.39, 0.29) is 17.4 Å². The molecule has 35 heavy (non-hydrogen) atoms. The number of fused-ring (bicyclic) bond motifs is 1. The van der Waals surface area contributed by atoms with E-state index in [0.717, 1.165) is 28.0 Å². The average Bonchev–Trinajstić information content (AvgIpc) is 2.83. The highest BCUT2D eigenvalue weighted by molar-refractivity contribution is 5.82. The third kappa shape index (κ3) is 4.99. The number of nitrogens with zero attached hydrogens (tertiary/aromatic N) is 3. The van der Waals surface area contributed by atoms with Gasteiger partial charge in [-0.1, -0.05) is 26.0 Å². The van der Waals surface area contributed by atoms with Gasteiger partial charge < -0.3 is 9.47 Å². The second kappa shape index (κ2) is 9.93. The summed E-state index contributed by atoms with van der Waals surface area (Å²) >= 11 is 0. The van der Waals surface area contributed by atoms with Crippen molar-refractivity contribution in [3.8, 4) is 22.9 Å². The summed E-state index contributed by atoms with van der Waals surface area (Å²) in [6, 6.07) is 18.1. The molecule has 4 aromatic rings. The number of methoxy groups -OCH3 is 1. The van der Waals surface area contributed by atoms with E-state index in [9.17, 15) is 9.59 Å². The van der Waals surface area contributed by atoms with Crippen LogP contribution in [0.5, 0.6) is 11.5 Å². The van der Waals surface area contributed by atoms with E-state index in [1.54, 1.807) is 43.7 Å². The lowest BCUT2D eigenvalue weighted by Gasteiger charge is -2.17. The maximum Gasteiger partial charge on any atom is 0.308 e. The molecule has 0 bridgehead atoms. The molecule has 1 aromatic heterocycles. The average molecular weight is 470 g/mol. The third-order valence-electron chi connectivity index (χ3n) is 5.66. The van der Waals surface area contributed by atoms with Crippen molar-refractivity contribution in [1.82, 2.24) is 9.66 Å². The summed E-state index contributed by atoms with van der Waals surface area (Å²) in [5, 5.41) is 5.01. The van der Waals surface area contributed by atoms with Crippen LogP contribution >= 0.6 is 0 Å². The number of ether oxygens (including phenoxy) is 2. The highest BCUT2D eigenvalue weighted by Gasteiger charge is 2.18. The number of benzene rings is 3. The van der Waals surface area contributed by atoms with E-state index >= 15 is 0 Å². The Labute approximate surface area is 203 Å². The van der Waals surface area contributed by atoms with Gasteiger partial charge >= 0.3 is 5.97 Å². The van der Waals surface area contributed by atoms with Gasteiger partial charge in [0.1, 0.15) is 11.5 Å². The van der Waals surface area contributed by atoms with Gasteiger partial charge in [0.2, 0.25) is 0 Å². The summed E-state index contributed by atoms with van der Waals surface area (Å²) in [6.07, 6.45) is 1.58. The van der Waals surface area contributed by atoms with E-state index < -0.39 is 0 Å². The third-order valence-corrected chi connectivity index (χ3v) is 5.66.